The Morgan fingerprint density at radius 3 is 2.38 bits per heavy atom. The molecule has 0 spiro atoms. The van der Waals surface area contributed by atoms with Gasteiger partial charge in [0.1, 0.15) is 11.5 Å². The summed E-state index contributed by atoms with van der Waals surface area (Å²) in [4.78, 5) is 12.5. The smallest absolute Gasteiger partial charge is 0.255 e. The molecular weight excluding hydrogens is 338 g/mol. The molecule has 1 unspecified atom stereocenters. The Hall–Kier alpha value is -2.67. The summed E-state index contributed by atoms with van der Waals surface area (Å²) in [5, 5.41) is 13.1. The molecule has 2 rings (SSSR count). The number of ether oxygens (including phenoxy) is 3. The first-order valence-corrected chi connectivity index (χ1v) is 8.25. The monoisotopic (exact) mass is 363 g/mol. The van der Waals surface area contributed by atoms with Gasteiger partial charge in [-0.2, -0.15) is 0 Å². The molecule has 2 N–H and O–H groups in total. The summed E-state index contributed by atoms with van der Waals surface area (Å²) >= 11 is 0. The first-order valence-electron chi connectivity index (χ1n) is 8.25. The quantitative estimate of drug-likeness (QED) is 0.749. The van der Waals surface area contributed by atoms with Gasteiger partial charge in [0, 0.05) is 12.1 Å². The van der Waals surface area contributed by atoms with Crippen molar-refractivity contribution in [1.29, 1.82) is 0 Å². The van der Waals surface area contributed by atoms with Crippen LogP contribution in [0.1, 0.15) is 40.0 Å². The number of hydrogen-bond donors (Lipinski definition) is 2. The Bertz CT molecular complexity index is 768. The highest BCUT2D eigenvalue weighted by atomic mass is 16.5. The van der Waals surface area contributed by atoms with Crippen molar-refractivity contribution in [3.05, 3.63) is 40.8 Å². The number of rotatable bonds is 8. The molecule has 1 aromatic heterocycles. The van der Waals surface area contributed by atoms with E-state index in [1.54, 1.807) is 25.1 Å². The van der Waals surface area contributed by atoms with E-state index in [0.717, 1.165) is 11.3 Å². The lowest BCUT2D eigenvalue weighted by Crippen LogP contribution is -2.26. The number of aliphatic hydroxyl groups is 1. The van der Waals surface area contributed by atoms with Crippen molar-refractivity contribution in [2.75, 3.05) is 27.9 Å². The van der Waals surface area contributed by atoms with Crippen LogP contribution in [-0.4, -0.2) is 38.9 Å². The van der Waals surface area contributed by atoms with Crippen LogP contribution >= 0.6 is 0 Å². The Balaban J connectivity index is 2.05. The predicted octanol–water partition coefficient (Wildman–Crippen LogP) is 2.78. The minimum atomic E-state index is -0.708. The molecule has 0 saturated heterocycles. The normalized spacial score (nSPS) is 11.8. The van der Waals surface area contributed by atoms with Crippen LogP contribution in [0.5, 0.6) is 17.2 Å². The number of carbonyl (C=O) groups is 1. The van der Waals surface area contributed by atoms with Gasteiger partial charge in [-0.1, -0.05) is 0 Å². The first kappa shape index (κ1) is 19.7. The van der Waals surface area contributed by atoms with Crippen LogP contribution in [0.4, 0.5) is 0 Å². The molecule has 1 amide bonds. The van der Waals surface area contributed by atoms with Gasteiger partial charge in [0.2, 0.25) is 5.75 Å². The Labute approximate surface area is 152 Å². The molecule has 1 heterocycles. The Morgan fingerprint density at radius 1 is 1.15 bits per heavy atom. The number of furan rings is 1. The average Bonchev–Trinajstić information content (AvgIpc) is 2.98. The van der Waals surface area contributed by atoms with Crippen LogP contribution in [0.2, 0.25) is 0 Å². The maximum absolute atomic E-state index is 12.5. The number of aliphatic hydroxyl groups excluding tert-OH is 1. The number of amides is 1. The SMILES string of the molecule is COc1ccc(C(=O)NCCC(O)c2cc(C)oc2C)c(OC)c1OC. The van der Waals surface area contributed by atoms with E-state index < -0.39 is 6.10 Å². The third-order valence-electron chi connectivity index (χ3n) is 4.09. The number of hydrogen-bond acceptors (Lipinski definition) is 6. The van der Waals surface area contributed by atoms with E-state index in [-0.39, 0.29) is 5.91 Å². The summed E-state index contributed by atoms with van der Waals surface area (Å²) < 4.78 is 21.2. The van der Waals surface area contributed by atoms with Gasteiger partial charge < -0.3 is 29.1 Å². The highest BCUT2D eigenvalue weighted by Crippen LogP contribution is 2.39. The number of nitrogens with one attached hydrogen (secondary N) is 1. The summed E-state index contributed by atoms with van der Waals surface area (Å²) in [7, 11) is 4.45. The molecule has 0 bridgehead atoms. The second-order valence-electron chi connectivity index (χ2n) is 5.81. The van der Waals surface area contributed by atoms with E-state index in [2.05, 4.69) is 5.32 Å². The van der Waals surface area contributed by atoms with Gasteiger partial charge in [0.25, 0.3) is 5.91 Å². The van der Waals surface area contributed by atoms with Crippen molar-refractivity contribution in [3.8, 4) is 17.2 Å². The zero-order chi connectivity index (χ0) is 19.3. The number of aryl methyl sites for hydroxylation is 2. The molecule has 1 atom stereocenters. The molecule has 0 aliphatic rings. The van der Waals surface area contributed by atoms with Gasteiger partial charge in [0.15, 0.2) is 11.5 Å². The molecule has 0 aliphatic carbocycles. The van der Waals surface area contributed by atoms with Gasteiger partial charge in [-0.25, -0.2) is 0 Å². The minimum Gasteiger partial charge on any atom is -0.493 e. The molecule has 0 radical (unpaired) electrons. The lowest BCUT2D eigenvalue weighted by molar-refractivity contribution is 0.0938. The van der Waals surface area contributed by atoms with E-state index in [4.69, 9.17) is 18.6 Å². The average molecular weight is 363 g/mol. The van der Waals surface area contributed by atoms with Gasteiger partial charge in [0.05, 0.1) is 33.0 Å². The molecule has 0 saturated carbocycles. The van der Waals surface area contributed by atoms with Gasteiger partial charge in [-0.3, -0.25) is 4.79 Å². The highest BCUT2D eigenvalue weighted by Gasteiger charge is 2.21. The molecule has 26 heavy (non-hydrogen) atoms. The third-order valence-corrected chi connectivity index (χ3v) is 4.09. The predicted molar refractivity (Wildman–Crippen MR) is 96.2 cm³/mol. The van der Waals surface area contributed by atoms with Crippen molar-refractivity contribution in [2.24, 2.45) is 0 Å². The molecule has 1 aromatic carbocycles. The van der Waals surface area contributed by atoms with E-state index in [1.807, 2.05) is 6.92 Å². The van der Waals surface area contributed by atoms with Crippen LogP contribution in [0.3, 0.4) is 0 Å². The summed E-state index contributed by atoms with van der Waals surface area (Å²) in [6.45, 7) is 3.92. The summed E-state index contributed by atoms with van der Waals surface area (Å²) in [6.07, 6.45) is -0.346. The standard InChI is InChI=1S/C19H25NO6/c1-11-10-14(12(2)26-11)15(21)8-9-20-19(22)13-6-7-16(23-3)18(25-5)17(13)24-4/h6-7,10,15,21H,8-9H2,1-5H3,(H,20,22). The van der Waals surface area contributed by atoms with E-state index in [9.17, 15) is 9.90 Å². The van der Waals surface area contributed by atoms with Crippen molar-refractivity contribution < 1.29 is 28.5 Å². The van der Waals surface area contributed by atoms with Crippen molar-refractivity contribution in [1.82, 2.24) is 5.32 Å². The van der Waals surface area contributed by atoms with E-state index in [0.29, 0.717) is 41.5 Å². The zero-order valence-electron chi connectivity index (χ0n) is 15.7. The number of benzene rings is 1. The third kappa shape index (κ3) is 4.11. The topological polar surface area (TPSA) is 90.2 Å². The fraction of sp³-hybridized carbons (Fsp3) is 0.421. The zero-order valence-corrected chi connectivity index (χ0v) is 15.7. The highest BCUT2D eigenvalue weighted by molar-refractivity contribution is 5.98. The molecule has 0 fully saturated rings. The fourth-order valence-corrected chi connectivity index (χ4v) is 2.83. The lowest BCUT2D eigenvalue weighted by atomic mass is 10.1. The molecule has 0 aliphatic heterocycles. The number of methoxy groups -OCH3 is 3. The molecule has 2 aromatic rings. The summed E-state index contributed by atoms with van der Waals surface area (Å²) in [5.74, 6) is 2.23. The summed E-state index contributed by atoms with van der Waals surface area (Å²) in [6, 6.07) is 5.05. The molecular formula is C19H25NO6. The van der Waals surface area contributed by atoms with Crippen molar-refractivity contribution >= 4 is 5.91 Å². The fourth-order valence-electron chi connectivity index (χ4n) is 2.83. The molecule has 142 valence electrons. The van der Waals surface area contributed by atoms with Gasteiger partial charge in [-0.15, -0.1) is 0 Å². The lowest BCUT2D eigenvalue weighted by Gasteiger charge is -2.16. The second kappa shape index (κ2) is 8.62. The van der Waals surface area contributed by atoms with Crippen LogP contribution in [0.25, 0.3) is 0 Å². The largest absolute Gasteiger partial charge is 0.493 e. The maximum atomic E-state index is 12.5. The van der Waals surface area contributed by atoms with Crippen molar-refractivity contribution in [2.45, 2.75) is 26.4 Å². The van der Waals surface area contributed by atoms with Crippen LogP contribution < -0.4 is 19.5 Å². The van der Waals surface area contributed by atoms with Gasteiger partial charge >= 0.3 is 0 Å². The molecule has 7 heteroatoms. The van der Waals surface area contributed by atoms with Crippen LogP contribution in [-0.2, 0) is 0 Å². The number of carbonyl (C=O) groups excluding carboxylic acids is 1. The van der Waals surface area contributed by atoms with Gasteiger partial charge in [-0.05, 0) is 38.5 Å². The second-order valence-corrected chi connectivity index (χ2v) is 5.81. The molecule has 7 nitrogen and oxygen atoms in total. The van der Waals surface area contributed by atoms with Crippen LogP contribution in [0.15, 0.2) is 22.6 Å². The first-order chi connectivity index (χ1) is 12.4. The minimum absolute atomic E-state index is 0.293. The summed E-state index contributed by atoms with van der Waals surface area (Å²) in [5.41, 5.74) is 1.07. The van der Waals surface area contributed by atoms with E-state index >= 15 is 0 Å². The van der Waals surface area contributed by atoms with Crippen molar-refractivity contribution in [3.63, 3.8) is 0 Å². The van der Waals surface area contributed by atoms with E-state index in [1.165, 1.54) is 21.3 Å². The maximum Gasteiger partial charge on any atom is 0.255 e. The van der Waals surface area contributed by atoms with Crippen LogP contribution in [0, 0.1) is 13.8 Å². The Morgan fingerprint density at radius 2 is 1.85 bits per heavy atom. The Kier molecular flexibility index (Phi) is 6.52.